The molecular weight excluding hydrogens is 478 g/mol. The lowest BCUT2D eigenvalue weighted by atomic mass is 10.0. The van der Waals surface area contributed by atoms with Gasteiger partial charge in [0, 0.05) is 18.3 Å². The highest BCUT2D eigenvalue weighted by Gasteiger charge is 2.25. The number of esters is 1. The molecule has 2 N–H and O–H groups in total. The quantitative estimate of drug-likeness (QED) is 0.311. The van der Waals surface area contributed by atoms with Crippen LogP contribution >= 0.6 is 11.8 Å². The predicted molar refractivity (Wildman–Crippen MR) is 139 cm³/mol. The molecule has 3 rings (SSSR count). The van der Waals surface area contributed by atoms with E-state index in [1.54, 1.807) is 41.8 Å². The molecule has 0 unspecified atom stereocenters. The first kappa shape index (κ1) is 26.9. The van der Waals surface area contributed by atoms with Gasteiger partial charge in [0.25, 0.3) is 5.91 Å². The Kier molecular flexibility index (Phi) is 9.24. The summed E-state index contributed by atoms with van der Waals surface area (Å²) in [4.78, 5) is 37.3. The van der Waals surface area contributed by atoms with Crippen LogP contribution in [-0.4, -0.2) is 44.9 Å². The van der Waals surface area contributed by atoms with Gasteiger partial charge >= 0.3 is 5.97 Å². The third kappa shape index (κ3) is 6.94. The van der Waals surface area contributed by atoms with E-state index in [0.717, 1.165) is 5.56 Å². The van der Waals surface area contributed by atoms with Crippen molar-refractivity contribution in [2.75, 3.05) is 17.7 Å². The Morgan fingerprint density at radius 2 is 1.78 bits per heavy atom. The van der Waals surface area contributed by atoms with Crippen LogP contribution in [0.1, 0.15) is 58.9 Å². The zero-order valence-electron chi connectivity index (χ0n) is 21.1. The van der Waals surface area contributed by atoms with Gasteiger partial charge in [-0.1, -0.05) is 49.4 Å². The van der Waals surface area contributed by atoms with Crippen molar-refractivity contribution >= 4 is 35.2 Å². The number of amides is 2. The molecule has 0 saturated carbocycles. The monoisotopic (exact) mass is 509 g/mol. The molecule has 0 aliphatic heterocycles. The molecule has 36 heavy (non-hydrogen) atoms. The number of rotatable bonds is 10. The molecule has 0 aliphatic rings. The van der Waals surface area contributed by atoms with Gasteiger partial charge in [0.05, 0.1) is 24.0 Å². The number of carbonyl (C=O) groups is 3. The molecule has 1 heterocycles. The van der Waals surface area contributed by atoms with Crippen LogP contribution in [0.25, 0.3) is 0 Å². The van der Waals surface area contributed by atoms with Crippen LogP contribution in [0.15, 0.2) is 53.7 Å². The summed E-state index contributed by atoms with van der Waals surface area (Å²) in [5.74, 6) is -0.107. The first-order valence-corrected chi connectivity index (χ1v) is 12.6. The third-order valence-electron chi connectivity index (χ3n) is 5.37. The van der Waals surface area contributed by atoms with E-state index in [9.17, 15) is 14.4 Å². The number of thioether (sulfide) groups is 1. The topological polar surface area (TPSA) is 115 Å². The number of aryl methyl sites for hydroxylation is 1. The number of aromatic nitrogens is 3. The molecule has 0 fully saturated rings. The minimum Gasteiger partial charge on any atom is -0.462 e. The second-order valence-electron chi connectivity index (χ2n) is 8.60. The standard InChI is InChI=1S/C26H31N5O4S/c1-6-35-25(34)19-11-8-12-20(14-19)27-21(32)15-36-26-30-29-23(31(26)5)22(16(2)3)28-24(33)18-10-7-9-17(4)13-18/h7-14,16,22H,6,15H2,1-5H3,(H,27,32)(H,28,33)/t22-/m0/s1. The fraction of sp³-hybridized carbons (Fsp3) is 0.346. The van der Waals surface area contributed by atoms with E-state index in [-0.39, 0.29) is 36.1 Å². The molecule has 0 bridgehead atoms. The van der Waals surface area contributed by atoms with Gasteiger partial charge in [0.2, 0.25) is 5.91 Å². The Morgan fingerprint density at radius 1 is 1.06 bits per heavy atom. The van der Waals surface area contributed by atoms with Crippen LogP contribution in [0, 0.1) is 12.8 Å². The minimum atomic E-state index is -0.441. The molecule has 0 radical (unpaired) electrons. The molecule has 1 aromatic heterocycles. The first-order chi connectivity index (χ1) is 17.2. The molecule has 190 valence electrons. The smallest absolute Gasteiger partial charge is 0.338 e. The maximum absolute atomic E-state index is 12.8. The van der Waals surface area contributed by atoms with Gasteiger partial charge in [-0.3, -0.25) is 9.59 Å². The number of hydrogen-bond donors (Lipinski definition) is 2. The average Bonchev–Trinajstić information content (AvgIpc) is 3.21. The van der Waals surface area contributed by atoms with E-state index < -0.39 is 5.97 Å². The van der Waals surface area contributed by atoms with Crippen LogP contribution in [0.3, 0.4) is 0 Å². The maximum Gasteiger partial charge on any atom is 0.338 e. The van der Waals surface area contributed by atoms with Crippen molar-refractivity contribution in [3.8, 4) is 0 Å². The van der Waals surface area contributed by atoms with Crippen molar-refractivity contribution in [1.29, 1.82) is 0 Å². The van der Waals surface area contributed by atoms with E-state index in [1.807, 2.05) is 46.0 Å². The zero-order valence-corrected chi connectivity index (χ0v) is 21.9. The second-order valence-corrected chi connectivity index (χ2v) is 9.55. The number of nitrogens with zero attached hydrogens (tertiary/aromatic N) is 3. The molecule has 0 saturated heterocycles. The van der Waals surface area contributed by atoms with Crippen molar-refractivity contribution in [1.82, 2.24) is 20.1 Å². The van der Waals surface area contributed by atoms with E-state index in [4.69, 9.17) is 4.74 Å². The van der Waals surface area contributed by atoms with Gasteiger partial charge in [-0.2, -0.15) is 0 Å². The van der Waals surface area contributed by atoms with Gasteiger partial charge in [-0.15, -0.1) is 10.2 Å². The molecule has 2 amide bonds. The number of hydrogen-bond acceptors (Lipinski definition) is 7. The van der Waals surface area contributed by atoms with Gasteiger partial charge in [0.1, 0.15) is 0 Å². The lowest BCUT2D eigenvalue weighted by Gasteiger charge is -2.21. The maximum atomic E-state index is 12.8. The molecule has 10 heteroatoms. The summed E-state index contributed by atoms with van der Waals surface area (Å²) in [5, 5.41) is 14.9. The highest BCUT2D eigenvalue weighted by Crippen LogP contribution is 2.25. The number of anilines is 1. The summed E-state index contributed by atoms with van der Waals surface area (Å²) >= 11 is 1.23. The van der Waals surface area contributed by atoms with Crippen LogP contribution in [0.2, 0.25) is 0 Å². The summed E-state index contributed by atoms with van der Waals surface area (Å²) < 4.78 is 6.79. The Labute approximate surface area is 215 Å². The van der Waals surface area contributed by atoms with E-state index >= 15 is 0 Å². The summed E-state index contributed by atoms with van der Waals surface area (Å²) in [7, 11) is 1.81. The fourth-order valence-corrected chi connectivity index (χ4v) is 4.25. The largest absolute Gasteiger partial charge is 0.462 e. The Morgan fingerprint density at radius 3 is 2.47 bits per heavy atom. The number of carbonyl (C=O) groups excluding carboxylic acids is 3. The normalized spacial score (nSPS) is 11.7. The van der Waals surface area contributed by atoms with Gasteiger partial charge in [0.15, 0.2) is 11.0 Å². The van der Waals surface area contributed by atoms with E-state index in [0.29, 0.717) is 27.8 Å². The third-order valence-corrected chi connectivity index (χ3v) is 6.39. The van der Waals surface area contributed by atoms with Crippen LogP contribution in [0.4, 0.5) is 5.69 Å². The lowest BCUT2D eigenvalue weighted by Crippen LogP contribution is -2.33. The second kappa shape index (κ2) is 12.3. The van der Waals surface area contributed by atoms with Crippen molar-refractivity contribution < 1.29 is 19.1 Å². The minimum absolute atomic E-state index is 0.0643. The Bertz CT molecular complexity index is 1240. The van der Waals surface area contributed by atoms with Gasteiger partial charge in [-0.05, 0) is 50.1 Å². The number of benzene rings is 2. The summed E-state index contributed by atoms with van der Waals surface area (Å²) in [5.41, 5.74) is 2.46. The van der Waals surface area contributed by atoms with Crippen molar-refractivity contribution in [2.24, 2.45) is 13.0 Å². The Hall–Kier alpha value is -3.66. The van der Waals surface area contributed by atoms with Gasteiger partial charge < -0.3 is 19.9 Å². The molecule has 9 nitrogen and oxygen atoms in total. The molecule has 3 aromatic rings. The van der Waals surface area contributed by atoms with Crippen LogP contribution < -0.4 is 10.6 Å². The van der Waals surface area contributed by atoms with Crippen molar-refractivity contribution in [3.63, 3.8) is 0 Å². The average molecular weight is 510 g/mol. The van der Waals surface area contributed by atoms with E-state index in [1.165, 1.54) is 11.8 Å². The van der Waals surface area contributed by atoms with Crippen molar-refractivity contribution in [3.05, 3.63) is 71.0 Å². The first-order valence-electron chi connectivity index (χ1n) is 11.7. The molecular formula is C26H31N5O4S. The summed E-state index contributed by atoms with van der Waals surface area (Å²) in [6, 6.07) is 13.6. The predicted octanol–water partition coefficient (Wildman–Crippen LogP) is 4.16. The highest BCUT2D eigenvalue weighted by molar-refractivity contribution is 7.99. The molecule has 0 spiro atoms. The number of ether oxygens (including phenoxy) is 1. The van der Waals surface area contributed by atoms with Crippen LogP contribution in [0.5, 0.6) is 0 Å². The molecule has 2 aromatic carbocycles. The van der Waals surface area contributed by atoms with Crippen LogP contribution in [-0.2, 0) is 16.6 Å². The van der Waals surface area contributed by atoms with Crippen molar-refractivity contribution in [2.45, 2.75) is 38.9 Å². The molecule has 0 aliphatic carbocycles. The zero-order chi connectivity index (χ0) is 26.2. The fourth-order valence-electron chi connectivity index (χ4n) is 3.53. The SMILES string of the molecule is CCOC(=O)c1cccc(NC(=O)CSc2nnc([C@@H](NC(=O)c3cccc(C)c3)C(C)C)n2C)c1. The lowest BCUT2D eigenvalue weighted by molar-refractivity contribution is -0.113. The molecule has 1 atom stereocenters. The Balaban J connectivity index is 1.64. The summed E-state index contributed by atoms with van der Waals surface area (Å²) in [6.45, 7) is 7.95. The van der Waals surface area contributed by atoms with E-state index in [2.05, 4.69) is 20.8 Å². The van der Waals surface area contributed by atoms with Gasteiger partial charge in [-0.25, -0.2) is 4.79 Å². The highest BCUT2D eigenvalue weighted by atomic mass is 32.2. The number of nitrogens with one attached hydrogen (secondary N) is 2. The summed E-state index contributed by atoms with van der Waals surface area (Å²) in [6.07, 6.45) is 0.